The lowest BCUT2D eigenvalue weighted by atomic mass is 10.2. The van der Waals surface area contributed by atoms with Gasteiger partial charge in [-0.05, 0) is 50.4 Å². The molecule has 0 unspecified atom stereocenters. The van der Waals surface area contributed by atoms with Crippen molar-refractivity contribution in [3.05, 3.63) is 39.1 Å². The summed E-state index contributed by atoms with van der Waals surface area (Å²) in [6.45, 7) is 0. The largest absolute Gasteiger partial charge is 0.0599 e. The van der Waals surface area contributed by atoms with Crippen LogP contribution in [0.15, 0.2) is 27.1 Å². The van der Waals surface area contributed by atoms with Gasteiger partial charge < -0.3 is 0 Å². The van der Waals surface area contributed by atoms with Crippen molar-refractivity contribution >= 4 is 31.9 Å². The molecule has 0 amide bonds. The van der Waals surface area contributed by atoms with Crippen LogP contribution in [0.2, 0.25) is 0 Å². The minimum atomic E-state index is 0.752. The monoisotopic (exact) mass is 257 g/mol. The molecule has 49 valence electrons. The second-order valence-corrected chi connectivity index (χ2v) is 3.43. The van der Waals surface area contributed by atoms with Crippen molar-refractivity contribution in [3.8, 4) is 5.92 Å². The maximum Gasteiger partial charge on any atom is 0.0539 e. The third-order valence-electron chi connectivity index (χ3n) is 1.09. The van der Waals surface area contributed by atoms with Gasteiger partial charge >= 0.3 is 0 Å². The molecule has 0 aliphatic heterocycles. The van der Waals surface area contributed by atoms with Gasteiger partial charge in [0.25, 0.3) is 0 Å². The Hall–Kier alpha value is -0.260. The topological polar surface area (TPSA) is 0 Å². The Balaban J connectivity index is 3.34. The molecule has 0 bridgehead atoms. The Bertz CT molecular complexity index is 264. The van der Waals surface area contributed by atoms with Crippen molar-refractivity contribution in [2.24, 2.45) is 0 Å². The van der Waals surface area contributed by atoms with Gasteiger partial charge in [0.05, 0.1) is 5.56 Å². The van der Waals surface area contributed by atoms with E-state index in [1.54, 1.807) is 0 Å². The molecule has 1 aromatic carbocycles. The van der Waals surface area contributed by atoms with Crippen molar-refractivity contribution in [2.45, 2.75) is 0 Å². The van der Waals surface area contributed by atoms with E-state index in [2.05, 4.69) is 37.8 Å². The first kappa shape index (κ1) is 7.84. The Kier molecular flexibility index (Phi) is 2.53. The van der Waals surface area contributed by atoms with Crippen molar-refractivity contribution in [2.75, 3.05) is 0 Å². The summed E-state index contributed by atoms with van der Waals surface area (Å²) in [5, 5.41) is 0. The third-order valence-corrected chi connectivity index (χ3v) is 2.41. The van der Waals surface area contributed by atoms with E-state index in [4.69, 9.17) is 6.42 Å². The zero-order valence-electron chi connectivity index (χ0n) is 4.99. The molecule has 1 radical (unpaired) electrons. The maximum absolute atomic E-state index is 6.92. The van der Waals surface area contributed by atoms with Gasteiger partial charge in [0.15, 0.2) is 0 Å². The maximum atomic E-state index is 6.92. The fraction of sp³-hybridized carbons (Fsp3) is 0. The molecule has 0 saturated carbocycles. The Morgan fingerprint density at radius 1 is 1.20 bits per heavy atom. The van der Waals surface area contributed by atoms with Gasteiger partial charge in [-0.15, -0.1) is 0 Å². The second kappa shape index (κ2) is 3.23. The van der Waals surface area contributed by atoms with E-state index < -0.39 is 0 Å². The molecule has 1 aromatic rings. The van der Waals surface area contributed by atoms with Crippen LogP contribution >= 0.6 is 31.9 Å². The van der Waals surface area contributed by atoms with Gasteiger partial charge in [-0.1, -0.05) is 12.0 Å². The highest BCUT2D eigenvalue weighted by Crippen LogP contribution is 2.23. The lowest BCUT2D eigenvalue weighted by Crippen LogP contribution is -1.77. The van der Waals surface area contributed by atoms with Crippen LogP contribution in [0, 0.1) is 12.3 Å². The van der Waals surface area contributed by atoms with Crippen LogP contribution in [0.1, 0.15) is 5.56 Å². The second-order valence-electron chi connectivity index (χ2n) is 1.72. The van der Waals surface area contributed by atoms with Crippen molar-refractivity contribution in [1.82, 2.24) is 0 Å². The lowest BCUT2D eigenvalue weighted by molar-refractivity contribution is 1.54. The molecule has 0 spiro atoms. The van der Waals surface area contributed by atoms with Crippen LogP contribution in [0.5, 0.6) is 0 Å². The number of halogens is 2. The molecule has 0 atom stereocenters. The summed E-state index contributed by atoms with van der Waals surface area (Å²) in [5.74, 6) is 2.32. The molecule has 0 aliphatic rings. The molecule has 0 N–H and O–H groups in total. The van der Waals surface area contributed by atoms with Gasteiger partial charge in [-0.2, -0.15) is 0 Å². The minimum Gasteiger partial charge on any atom is -0.0599 e. The molecule has 1 rings (SSSR count). The zero-order valence-corrected chi connectivity index (χ0v) is 8.16. The first-order valence-corrected chi connectivity index (χ1v) is 4.21. The quantitative estimate of drug-likeness (QED) is 0.628. The highest BCUT2D eigenvalue weighted by atomic mass is 79.9. The van der Waals surface area contributed by atoms with Crippen LogP contribution in [0.4, 0.5) is 0 Å². The molecule has 0 aliphatic carbocycles. The van der Waals surface area contributed by atoms with Gasteiger partial charge in [-0.3, -0.25) is 0 Å². The van der Waals surface area contributed by atoms with Crippen LogP contribution in [-0.4, -0.2) is 0 Å². The van der Waals surface area contributed by atoms with E-state index in [0.717, 1.165) is 14.5 Å². The van der Waals surface area contributed by atoms with Gasteiger partial charge in [0.2, 0.25) is 0 Å². The Labute approximate surface area is 76.9 Å². The van der Waals surface area contributed by atoms with Gasteiger partial charge in [0, 0.05) is 8.95 Å². The van der Waals surface area contributed by atoms with E-state index in [1.807, 2.05) is 18.2 Å². The normalized spacial score (nSPS) is 8.90. The summed E-state index contributed by atoms with van der Waals surface area (Å²) < 4.78 is 1.77. The van der Waals surface area contributed by atoms with E-state index in [9.17, 15) is 0 Å². The number of hydrogen-bond donors (Lipinski definition) is 0. The molecular weight excluding hydrogens is 256 g/mol. The molecule has 0 saturated heterocycles. The molecule has 10 heavy (non-hydrogen) atoms. The number of hydrogen-bond acceptors (Lipinski definition) is 0. The van der Waals surface area contributed by atoms with Crippen molar-refractivity contribution < 1.29 is 0 Å². The van der Waals surface area contributed by atoms with E-state index in [0.29, 0.717) is 0 Å². The molecular formula is C8H3Br2. The average Bonchev–Trinajstić information content (AvgIpc) is 1.88. The van der Waals surface area contributed by atoms with Crippen molar-refractivity contribution in [1.29, 1.82) is 0 Å². The van der Waals surface area contributed by atoms with Crippen LogP contribution in [0.3, 0.4) is 0 Å². The Morgan fingerprint density at radius 2 is 1.70 bits per heavy atom. The first-order valence-electron chi connectivity index (χ1n) is 2.62. The minimum absolute atomic E-state index is 0.752. The molecule has 0 fully saturated rings. The van der Waals surface area contributed by atoms with Crippen LogP contribution in [0.25, 0.3) is 0 Å². The summed E-state index contributed by atoms with van der Waals surface area (Å²) in [7, 11) is 0. The first-order chi connectivity index (χ1) is 4.75. The molecule has 0 nitrogen and oxygen atoms in total. The average molecular weight is 259 g/mol. The molecule has 0 aromatic heterocycles. The number of rotatable bonds is 0. The molecule has 2 heteroatoms. The van der Waals surface area contributed by atoms with E-state index in [-0.39, 0.29) is 0 Å². The van der Waals surface area contributed by atoms with Crippen LogP contribution < -0.4 is 0 Å². The predicted molar refractivity (Wildman–Crippen MR) is 48.1 cm³/mol. The van der Waals surface area contributed by atoms with Gasteiger partial charge in [0.1, 0.15) is 0 Å². The van der Waals surface area contributed by atoms with Crippen LogP contribution in [-0.2, 0) is 0 Å². The zero-order chi connectivity index (χ0) is 7.56. The highest BCUT2D eigenvalue weighted by molar-refractivity contribution is 9.11. The standard InChI is InChI=1S/C8H3Br2/c1-2-6-7(9)4-3-5-8(6)10/h3-5H. The van der Waals surface area contributed by atoms with Crippen molar-refractivity contribution in [3.63, 3.8) is 0 Å². The number of benzene rings is 1. The summed E-state index contributed by atoms with van der Waals surface area (Å²) >= 11 is 6.59. The summed E-state index contributed by atoms with van der Waals surface area (Å²) in [6, 6.07) is 5.65. The van der Waals surface area contributed by atoms with Gasteiger partial charge in [-0.25, -0.2) is 0 Å². The fourth-order valence-electron chi connectivity index (χ4n) is 0.617. The van der Waals surface area contributed by atoms with E-state index >= 15 is 0 Å². The lowest BCUT2D eigenvalue weighted by Gasteiger charge is -1.96. The summed E-state index contributed by atoms with van der Waals surface area (Å²) in [4.78, 5) is 0. The smallest absolute Gasteiger partial charge is 0.0539 e. The third kappa shape index (κ3) is 1.42. The summed E-state index contributed by atoms with van der Waals surface area (Å²) in [5.41, 5.74) is 0.752. The Morgan fingerprint density at radius 3 is 2.00 bits per heavy atom. The fourth-order valence-corrected chi connectivity index (χ4v) is 1.81. The van der Waals surface area contributed by atoms with E-state index in [1.165, 1.54) is 0 Å². The SMILES string of the molecule is [C]#Cc1c(Br)cccc1Br. The summed E-state index contributed by atoms with van der Waals surface area (Å²) in [6.07, 6.45) is 6.92. The molecule has 0 heterocycles. The highest BCUT2D eigenvalue weighted by Gasteiger charge is 1.98. The predicted octanol–water partition coefficient (Wildman–Crippen LogP) is 3.15.